The zero-order valence-electron chi connectivity index (χ0n) is 11.0. The minimum atomic E-state index is 0.0858. The van der Waals surface area contributed by atoms with Crippen molar-refractivity contribution in [2.45, 2.75) is 26.0 Å². The lowest BCUT2D eigenvalue weighted by Gasteiger charge is -2.37. The average Bonchev–Trinajstić information content (AvgIpc) is 2.42. The van der Waals surface area contributed by atoms with Crippen molar-refractivity contribution in [3.8, 4) is 0 Å². The van der Waals surface area contributed by atoms with Gasteiger partial charge in [-0.15, -0.1) is 0 Å². The molecule has 0 aliphatic carbocycles. The highest BCUT2D eigenvalue weighted by atomic mass is 127. The molecule has 1 amide bonds. The van der Waals surface area contributed by atoms with Crippen LogP contribution in [0.4, 0.5) is 0 Å². The Kier molecular flexibility index (Phi) is 5.25. The lowest BCUT2D eigenvalue weighted by Crippen LogP contribution is -2.51. The van der Waals surface area contributed by atoms with Crippen LogP contribution < -0.4 is 0 Å². The first-order valence-electron chi connectivity index (χ1n) is 6.28. The molecule has 2 unspecified atom stereocenters. The number of hydrogen-bond donors (Lipinski definition) is 0. The van der Waals surface area contributed by atoms with E-state index in [4.69, 9.17) is 4.74 Å². The Hall–Kier alpha value is -0.140. The Morgan fingerprint density at radius 2 is 2.32 bits per heavy atom. The number of morpholine rings is 1. The number of benzene rings is 1. The minimum Gasteiger partial charge on any atom is -0.373 e. The maximum Gasteiger partial charge on any atom is 0.255 e. The number of rotatable bonds is 2. The Morgan fingerprint density at radius 1 is 1.58 bits per heavy atom. The topological polar surface area (TPSA) is 29.5 Å². The minimum absolute atomic E-state index is 0.0858. The molecule has 19 heavy (non-hydrogen) atoms. The van der Waals surface area contributed by atoms with Gasteiger partial charge in [0.15, 0.2) is 0 Å². The van der Waals surface area contributed by atoms with Gasteiger partial charge in [-0.05, 0) is 48.1 Å². The van der Waals surface area contributed by atoms with Gasteiger partial charge in [0.25, 0.3) is 5.91 Å². The third-order valence-corrected chi connectivity index (χ3v) is 5.51. The molecule has 0 spiro atoms. The van der Waals surface area contributed by atoms with Gasteiger partial charge < -0.3 is 9.64 Å². The van der Waals surface area contributed by atoms with Crippen LogP contribution in [0.15, 0.2) is 18.2 Å². The van der Waals surface area contributed by atoms with Gasteiger partial charge in [-0.25, -0.2) is 0 Å². The smallest absolute Gasteiger partial charge is 0.255 e. The van der Waals surface area contributed by atoms with Gasteiger partial charge in [0.2, 0.25) is 0 Å². The molecule has 104 valence electrons. The average molecular weight is 438 g/mol. The van der Waals surface area contributed by atoms with Crippen molar-refractivity contribution in [3.05, 3.63) is 32.9 Å². The monoisotopic (exact) mass is 437 g/mol. The highest BCUT2D eigenvalue weighted by Crippen LogP contribution is 2.22. The molecule has 2 rings (SSSR count). The van der Waals surface area contributed by atoms with Crippen LogP contribution in [0.3, 0.4) is 0 Å². The summed E-state index contributed by atoms with van der Waals surface area (Å²) in [4.78, 5) is 14.6. The lowest BCUT2D eigenvalue weighted by molar-refractivity contribution is -0.0361. The second-order valence-electron chi connectivity index (χ2n) is 4.85. The molecular formula is C14H17BrINO2. The molecule has 1 heterocycles. The van der Waals surface area contributed by atoms with Crippen LogP contribution in [0.5, 0.6) is 0 Å². The summed E-state index contributed by atoms with van der Waals surface area (Å²) in [6.45, 7) is 5.31. The molecule has 0 bridgehead atoms. The molecule has 5 heteroatoms. The fourth-order valence-electron chi connectivity index (χ4n) is 2.16. The summed E-state index contributed by atoms with van der Waals surface area (Å²) >= 11 is 5.68. The third-order valence-electron chi connectivity index (χ3n) is 3.36. The van der Waals surface area contributed by atoms with Gasteiger partial charge in [0, 0.05) is 15.4 Å². The van der Waals surface area contributed by atoms with Gasteiger partial charge >= 0.3 is 0 Å². The summed E-state index contributed by atoms with van der Waals surface area (Å²) in [6, 6.07) is 6.00. The predicted octanol–water partition coefficient (Wildman–Crippen LogP) is 3.22. The maximum absolute atomic E-state index is 12.7. The number of carbonyl (C=O) groups excluding carboxylic acids is 1. The highest BCUT2D eigenvalue weighted by molar-refractivity contribution is 14.1. The van der Waals surface area contributed by atoms with E-state index in [-0.39, 0.29) is 18.1 Å². The molecular weight excluding hydrogens is 421 g/mol. The molecule has 0 radical (unpaired) electrons. The fourth-order valence-corrected chi connectivity index (χ4v) is 3.14. The van der Waals surface area contributed by atoms with Crippen LogP contribution in [0.2, 0.25) is 0 Å². The molecule has 0 N–H and O–H groups in total. The van der Waals surface area contributed by atoms with Crippen LogP contribution in [-0.4, -0.2) is 41.4 Å². The maximum atomic E-state index is 12.7. The third kappa shape index (κ3) is 3.31. The molecule has 1 aromatic rings. The van der Waals surface area contributed by atoms with E-state index in [1.807, 2.05) is 36.9 Å². The van der Waals surface area contributed by atoms with E-state index < -0.39 is 0 Å². The number of alkyl halides is 1. The zero-order chi connectivity index (χ0) is 14.0. The van der Waals surface area contributed by atoms with Crippen molar-refractivity contribution in [2.75, 3.05) is 18.5 Å². The van der Waals surface area contributed by atoms with Crippen molar-refractivity contribution in [3.63, 3.8) is 0 Å². The van der Waals surface area contributed by atoms with Crippen LogP contribution in [0, 0.1) is 10.5 Å². The summed E-state index contributed by atoms with van der Waals surface area (Å²) in [6.07, 6.45) is 0.0858. The Labute approximate surface area is 136 Å². The molecule has 1 saturated heterocycles. The van der Waals surface area contributed by atoms with Crippen molar-refractivity contribution in [2.24, 2.45) is 0 Å². The molecule has 1 aliphatic rings. The van der Waals surface area contributed by atoms with Crippen LogP contribution >= 0.6 is 38.5 Å². The predicted molar refractivity (Wildman–Crippen MR) is 87.9 cm³/mol. The SMILES string of the molecule is Cc1cccc(C(=O)N2CC(CBr)OCC2C)c1I. The van der Waals surface area contributed by atoms with Gasteiger partial charge in [-0.2, -0.15) is 0 Å². The number of ether oxygens (including phenoxy) is 1. The van der Waals surface area contributed by atoms with Gasteiger partial charge in [0.05, 0.1) is 24.3 Å². The van der Waals surface area contributed by atoms with E-state index in [2.05, 4.69) is 38.5 Å². The van der Waals surface area contributed by atoms with Crippen LogP contribution in [0.25, 0.3) is 0 Å². The Morgan fingerprint density at radius 3 is 3.00 bits per heavy atom. The highest BCUT2D eigenvalue weighted by Gasteiger charge is 2.30. The second-order valence-corrected chi connectivity index (χ2v) is 6.58. The Balaban J connectivity index is 2.24. The first-order valence-corrected chi connectivity index (χ1v) is 8.48. The number of halogens is 2. The second kappa shape index (κ2) is 6.54. The molecule has 1 fully saturated rings. The quantitative estimate of drug-likeness (QED) is 0.525. The van der Waals surface area contributed by atoms with E-state index in [1.165, 1.54) is 0 Å². The van der Waals surface area contributed by atoms with Gasteiger partial charge in [0.1, 0.15) is 0 Å². The number of hydrogen-bond acceptors (Lipinski definition) is 2. The first kappa shape index (κ1) is 15.3. The number of carbonyl (C=O) groups is 1. The van der Waals surface area contributed by atoms with E-state index in [9.17, 15) is 4.79 Å². The summed E-state index contributed by atoms with van der Waals surface area (Å²) < 4.78 is 6.71. The summed E-state index contributed by atoms with van der Waals surface area (Å²) in [5, 5.41) is 0.758. The molecule has 2 atom stereocenters. The number of amides is 1. The summed E-state index contributed by atoms with van der Waals surface area (Å²) in [5.41, 5.74) is 1.94. The lowest BCUT2D eigenvalue weighted by atomic mass is 10.1. The Bertz CT molecular complexity index is 481. The first-order chi connectivity index (χ1) is 9.04. The fraction of sp³-hybridized carbons (Fsp3) is 0.500. The summed E-state index contributed by atoms with van der Waals surface area (Å²) in [5.74, 6) is 0.106. The zero-order valence-corrected chi connectivity index (χ0v) is 14.8. The van der Waals surface area contributed by atoms with Gasteiger partial charge in [-0.1, -0.05) is 28.1 Å². The van der Waals surface area contributed by atoms with Gasteiger partial charge in [-0.3, -0.25) is 4.79 Å². The molecule has 1 aliphatic heterocycles. The largest absolute Gasteiger partial charge is 0.373 e. The molecule has 0 aromatic heterocycles. The van der Waals surface area contributed by atoms with Crippen molar-refractivity contribution in [1.29, 1.82) is 0 Å². The van der Waals surface area contributed by atoms with Crippen molar-refractivity contribution in [1.82, 2.24) is 4.90 Å². The molecule has 3 nitrogen and oxygen atoms in total. The van der Waals surface area contributed by atoms with Crippen LogP contribution in [-0.2, 0) is 4.74 Å². The normalized spacial score (nSPS) is 23.5. The van der Waals surface area contributed by atoms with E-state index in [0.717, 1.165) is 20.0 Å². The number of nitrogens with zero attached hydrogens (tertiary/aromatic N) is 1. The molecule has 0 saturated carbocycles. The summed E-state index contributed by atoms with van der Waals surface area (Å²) in [7, 11) is 0. The van der Waals surface area contributed by atoms with Crippen molar-refractivity contribution >= 4 is 44.4 Å². The van der Waals surface area contributed by atoms with E-state index >= 15 is 0 Å². The van der Waals surface area contributed by atoms with Crippen LogP contribution in [0.1, 0.15) is 22.8 Å². The standard InChI is InChI=1S/C14H17BrINO2/c1-9-4-3-5-12(13(9)16)14(18)17-7-11(6-15)19-8-10(17)2/h3-5,10-11H,6-8H2,1-2H3. The van der Waals surface area contributed by atoms with E-state index in [1.54, 1.807) is 0 Å². The van der Waals surface area contributed by atoms with Crippen molar-refractivity contribution < 1.29 is 9.53 Å². The van der Waals surface area contributed by atoms with E-state index in [0.29, 0.717) is 13.2 Å². The molecule has 1 aromatic carbocycles. The number of aryl methyl sites for hydroxylation is 1.